The molecular weight excluding hydrogens is 616 g/mol. The fourth-order valence-corrected chi connectivity index (χ4v) is 13.3. The Bertz CT molecular complexity index is 1490. The highest BCUT2D eigenvalue weighted by molar-refractivity contribution is 5.89. The Morgan fingerprint density at radius 2 is 1.55 bits per heavy atom. The molecule has 258 valence electrons. The van der Waals surface area contributed by atoms with Crippen LogP contribution in [0.1, 0.15) is 61.8 Å². The molecular formula is C34H44O13. The van der Waals surface area contributed by atoms with E-state index in [-0.39, 0.29) is 24.3 Å². The van der Waals surface area contributed by atoms with Gasteiger partial charge in [0.1, 0.15) is 24.4 Å². The van der Waals surface area contributed by atoms with Crippen molar-refractivity contribution in [2.45, 2.75) is 116 Å². The standard InChI is InChI=1S/C34H44O13/c1-11-18-17(25(42-10-35)22(38)15-9-16-24(45-16)28(30(15,18)5)44-14(4)37)20-23(39)21-19(31(20,6)26(11)43-13(3)36)12(2)27-34(46-27)32(21,7)33(8,41)29(40)47-34/h10-12,15-21,23-28,39,41H,9H2,1-8H3/t11-,12-,15+,16-,17+,18-,19-,20+,21-,23+,24-,25+,26-,27+,28-,30-,31+,32-,33+,34-/m0/s1. The molecule has 13 nitrogen and oxygen atoms in total. The fraction of sp³-hybridized carbons (Fsp3) is 0.853. The monoisotopic (exact) mass is 660 g/mol. The Labute approximate surface area is 272 Å². The maximum atomic E-state index is 14.6. The number of ether oxygens (including phenoxy) is 6. The van der Waals surface area contributed by atoms with Gasteiger partial charge in [0.2, 0.25) is 5.79 Å². The minimum absolute atomic E-state index is 0.260. The smallest absolute Gasteiger partial charge is 0.341 e. The number of carbonyl (C=O) groups excluding carboxylic acids is 5. The van der Waals surface area contributed by atoms with Crippen molar-refractivity contribution in [1.82, 2.24) is 0 Å². The third-order valence-electron chi connectivity index (χ3n) is 15.0. The summed E-state index contributed by atoms with van der Waals surface area (Å²) in [5.74, 6) is -8.74. The van der Waals surface area contributed by atoms with Crippen molar-refractivity contribution in [2.75, 3.05) is 0 Å². The molecule has 0 bridgehead atoms. The average Bonchev–Trinajstić information content (AvgIpc) is 3.88. The molecule has 2 N–H and O–H groups in total. The Morgan fingerprint density at radius 3 is 2.17 bits per heavy atom. The molecule has 5 aliphatic carbocycles. The number of fused-ring (bicyclic) bond motifs is 9. The number of aliphatic hydroxyl groups is 2. The Kier molecular flexibility index (Phi) is 6.15. The van der Waals surface area contributed by atoms with E-state index in [0.29, 0.717) is 6.42 Å². The van der Waals surface area contributed by atoms with Crippen LogP contribution in [0.15, 0.2) is 0 Å². The predicted octanol–water partition coefficient (Wildman–Crippen LogP) is 0.938. The van der Waals surface area contributed by atoms with Crippen LogP contribution in [0.25, 0.3) is 0 Å². The molecule has 1 spiro atoms. The molecule has 8 rings (SSSR count). The fourth-order valence-electron chi connectivity index (χ4n) is 13.3. The van der Waals surface area contributed by atoms with Crippen molar-refractivity contribution in [3.8, 4) is 0 Å². The highest BCUT2D eigenvalue weighted by Crippen LogP contribution is 2.81. The van der Waals surface area contributed by atoms with Gasteiger partial charge >= 0.3 is 17.9 Å². The van der Waals surface area contributed by atoms with E-state index in [2.05, 4.69) is 0 Å². The lowest BCUT2D eigenvalue weighted by Crippen LogP contribution is -2.72. The number of carbonyl (C=O) groups is 5. The van der Waals surface area contributed by atoms with Crippen molar-refractivity contribution >= 4 is 30.2 Å². The zero-order chi connectivity index (χ0) is 34.1. The lowest BCUT2D eigenvalue weighted by Gasteiger charge is -2.65. The molecule has 47 heavy (non-hydrogen) atoms. The Balaban J connectivity index is 1.36. The van der Waals surface area contributed by atoms with E-state index in [9.17, 15) is 34.2 Å². The Morgan fingerprint density at radius 1 is 0.915 bits per heavy atom. The largest absolute Gasteiger partial charge is 0.462 e. The number of hydrogen-bond donors (Lipinski definition) is 2. The zero-order valence-electron chi connectivity index (χ0n) is 27.8. The molecule has 8 aliphatic rings. The average molecular weight is 661 g/mol. The molecule has 0 unspecified atom stereocenters. The summed E-state index contributed by atoms with van der Waals surface area (Å²) in [6, 6.07) is 0. The summed E-state index contributed by atoms with van der Waals surface area (Å²) in [6.45, 7) is 13.7. The van der Waals surface area contributed by atoms with Gasteiger partial charge in [-0.1, -0.05) is 27.7 Å². The van der Waals surface area contributed by atoms with E-state index < -0.39 is 124 Å². The van der Waals surface area contributed by atoms with Gasteiger partial charge in [-0.15, -0.1) is 0 Å². The van der Waals surface area contributed by atoms with E-state index in [1.807, 2.05) is 27.7 Å². The molecule has 0 aromatic rings. The normalized spacial score (nSPS) is 60.6. The number of epoxide rings is 2. The maximum Gasteiger partial charge on any atom is 0.341 e. The first-order valence-electron chi connectivity index (χ1n) is 16.8. The lowest BCUT2D eigenvalue weighted by molar-refractivity contribution is -0.253. The van der Waals surface area contributed by atoms with Gasteiger partial charge in [0.15, 0.2) is 17.5 Å². The summed E-state index contributed by atoms with van der Waals surface area (Å²) in [6.07, 6.45) is -5.15. The highest BCUT2D eigenvalue weighted by Gasteiger charge is 2.93. The van der Waals surface area contributed by atoms with Gasteiger partial charge in [0.25, 0.3) is 6.47 Å². The van der Waals surface area contributed by atoms with E-state index in [0.717, 1.165) is 0 Å². The predicted molar refractivity (Wildman–Crippen MR) is 154 cm³/mol. The van der Waals surface area contributed by atoms with Gasteiger partial charge in [-0.3, -0.25) is 19.2 Å². The minimum Gasteiger partial charge on any atom is -0.462 e. The molecule has 3 saturated heterocycles. The van der Waals surface area contributed by atoms with Crippen molar-refractivity contribution in [1.29, 1.82) is 0 Å². The van der Waals surface area contributed by atoms with Crippen LogP contribution in [0.5, 0.6) is 0 Å². The first-order chi connectivity index (χ1) is 21.9. The molecule has 0 aromatic carbocycles. The van der Waals surface area contributed by atoms with Gasteiger partial charge < -0.3 is 38.6 Å². The van der Waals surface area contributed by atoms with Crippen molar-refractivity contribution in [2.24, 2.45) is 63.6 Å². The van der Waals surface area contributed by atoms with Crippen LogP contribution in [0.2, 0.25) is 0 Å². The third kappa shape index (κ3) is 3.29. The van der Waals surface area contributed by atoms with E-state index >= 15 is 0 Å². The minimum atomic E-state index is -2.04. The molecule has 3 heterocycles. The quantitative estimate of drug-likeness (QED) is 0.188. The van der Waals surface area contributed by atoms with Gasteiger partial charge in [-0.05, 0) is 43.9 Å². The second kappa shape index (κ2) is 9.13. The summed E-state index contributed by atoms with van der Waals surface area (Å²) in [7, 11) is 0. The number of rotatable bonds is 4. The van der Waals surface area contributed by atoms with Crippen LogP contribution >= 0.6 is 0 Å². The molecule has 0 amide bonds. The van der Waals surface area contributed by atoms with Crippen LogP contribution in [0.3, 0.4) is 0 Å². The topological polar surface area (TPSA) is 188 Å². The van der Waals surface area contributed by atoms with Crippen LogP contribution < -0.4 is 0 Å². The first-order valence-corrected chi connectivity index (χ1v) is 16.8. The second-order valence-corrected chi connectivity index (χ2v) is 16.5. The molecule has 5 saturated carbocycles. The summed E-state index contributed by atoms with van der Waals surface area (Å²) < 4.78 is 36.0. The van der Waals surface area contributed by atoms with Gasteiger partial charge in [-0.25, -0.2) is 4.79 Å². The second-order valence-electron chi connectivity index (χ2n) is 16.5. The Hall–Kier alpha value is -2.61. The molecule has 3 aliphatic heterocycles. The summed E-state index contributed by atoms with van der Waals surface area (Å²) in [5, 5.41) is 24.7. The summed E-state index contributed by atoms with van der Waals surface area (Å²) >= 11 is 0. The summed E-state index contributed by atoms with van der Waals surface area (Å²) in [5.41, 5.74) is -5.57. The number of Topliss-reactive ketones (excluding diaryl/α,β-unsaturated/α-hetero) is 1. The number of aliphatic hydroxyl groups excluding tert-OH is 1. The third-order valence-corrected chi connectivity index (χ3v) is 15.0. The highest BCUT2D eigenvalue weighted by atomic mass is 16.8. The van der Waals surface area contributed by atoms with Crippen molar-refractivity contribution < 1.29 is 62.6 Å². The van der Waals surface area contributed by atoms with E-state index in [4.69, 9.17) is 28.4 Å². The van der Waals surface area contributed by atoms with Gasteiger partial charge in [-0.2, -0.15) is 0 Å². The van der Waals surface area contributed by atoms with Crippen LogP contribution in [0.4, 0.5) is 0 Å². The first kappa shape index (κ1) is 31.6. The van der Waals surface area contributed by atoms with Crippen molar-refractivity contribution in [3.63, 3.8) is 0 Å². The molecule has 8 fully saturated rings. The molecule has 13 heteroatoms. The van der Waals surface area contributed by atoms with Crippen LogP contribution in [-0.2, 0) is 52.4 Å². The molecule has 20 atom stereocenters. The SMILES string of the molecule is CC(=O)O[C@H]1[C@@H](C)[C@H]2[C@H]([C@@H]3[C@@H](O)[C@@H]4[C@H]([C@H](C)[C@H]5O[C@]56OC(=O)[C@@](C)(O)[C@]46C)[C@]31C)[C@@H](OC=O)C(=O)[C@H]1C[C@@H]3O[C@@H]3[C@H](OC(C)=O)[C@]21C. The number of ketones is 1. The van der Waals surface area contributed by atoms with E-state index in [1.54, 1.807) is 6.92 Å². The van der Waals surface area contributed by atoms with Gasteiger partial charge in [0.05, 0.1) is 17.6 Å². The van der Waals surface area contributed by atoms with Crippen LogP contribution in [-0.4, -0.2) is 94.5 Å². The van der Waals surface area contributed by atoms with Crippen molar-refractivity contribution in [3.05, 3.63) is 0 Å². The zero-order valence-corrected chi connectivity index (χ0v) is 27.8. The van der Waals surface area contributed by atoms with E-state index in [1.165, 1.54) is 20.8 Å². The molecule has 0 radical (unpaired) electrons. The maximum absolute atomic E-state index is 14.6. The van der Waals surface area contributed by atoms with Crippen LogP contribution in [0, 0.1) is 63.6 Å². The van der Waals surface area contributed by atoms with Gasteiger partial charge in [0, 0.05) is 48.3 Å². The summed E-state index contributed by atoms with van der Waals surface area (Å²) in [4.78, 5) is 65.5. The number of hydrogen-bond acceptors (Lipinski definition) is 13. The lowest BCUT2D eigenvalue weighted by atomic mass is 9.39. The number of esters is 3. The molecule has 0 aromatic heterocycles.